The van der Waals surface area contributed by atoms with E-state index in [4.69, 9.17) is 0 Å². The van der Waals surface area contributed by atoms with Gasteiger partial charge in [-0.25, -0.2) is 4.98 Å². The van der Waals surface area contributed by atoms with Crippen molar-refractivity contribution >= 4 is 39.1 Å². The topological polar surface area (TPSA) is 62.8 Å². The van der Waals surface area contributed by atoms with Crippen LogP contribution in [0.25, 0.3) is 21.3 Å². The van der Waals surface area contributed by atoms with Gasteiger partial charge < -0.3 is 4.98 Å². The molecule has 122 valence electrons. The van der Waals surface area contributed by atoms with Gasteiger partial charge in [0, 0.05) is 17.4 Å². The third-order valence-electron chi connectivity index (χ3n) is 4.26. The molecule has 0 bridgehead atoms. The number of hydrogen-bond acceptors (Lipinski definition) is 5. The highest BCUT2D eigenvalue weighted by Crippen LogP contribution is 2.33. The van der Waals surface area contributed by atoms with E-state index in [9.17, 15) is 9.59 Å². The lowest BCUT2D eigenvalue weighted by atomic mass is 9.99. The zero-order chi connectivity index (χ0) is 16.5. The third kappa shape index (κ3) is 2.91. The number of benzene rings is 1. The smallest absolute Gasteiger partial charge is 0.260 e. The van der Waals surface area contributed by atoms with Crippen molar-refractivity contribution < 1.29 is 4.79 Å². The highest BCUT2D eigenvalue weighted by atomic mass is 32.2. The van der Waals surface area contributed by atoms with Gasteiger partial charge >= 0.3 is 0 Å². The molecular weight excluding hydrogens is 340 g/mol. The van der Waals surface area contributed by atoms with Gasteiger partial charge in [-0.3, -0.25) is 9.59 Å². The first-order chi connectivity index (χ1) is 11.7. The van der Waals surface area contributed by atoms with E-state index in [1.54, 1.807) is 0 Å². The van der Waals surface area contributed by atoms with Crippen molar-refractivity contribution in [2.45, 2.75) is 36.1 Å². The molecule has 1 aliphatic carbocycles. The number of thioether (sulfide) groups is 1. The second-order valence-electron chi connectivity index (χ2n) is 5.89. The average Bonchev–Trinajstić information content (AvgIpc) is 3.02. The van der Waals surface area contributed by atoms with Crippen molar-refractivity contribution in [2.24, 2.45) is 0 Å². The Kier molecular flexibility index (Phi) is 4.24. The second kappa shape index (κ2) is 6.53. The van der Waals surface area contributed by atoms with E-state index in [1.807, 2.05) is 35.7 Å². The molecule has 0 aliphatic heterocycles. The molecule has 1 N–H and O–H groups in total. The van der Waals surface area contributed by atoms with E-state index in [0.717, 1.165) is 35.2 Å². The predicted octanol–water partition coefficient (Wildman–Crippen LogP) is 4.26. The summed E-state index contributed by atoms with van der Waals surface area (Å²) < 4.78 is 0. The lowest BCUT2D eigenvalue weighted by Gasteiger charge is -2.18. The minimum Gasteiger partial charge on any atom is -0.301 e. The lowest BCUT2D eigenvalue weighted by molar-refractivity contribution is -0.119. The molecule has 2 heterocycles. The number of aromatic nitrogens is 2. The molecule has 0 amide bonds. The second-order valence-corrected chi connectivity index (χ2v) is 7.93. The predicted molar refractivity (Wildman–Crippen MR) is 98.8 cm³/mol. The van der Waals surface area contributed by atoms with Crippen LogP contribution in [0.2, 0.25) is 0 Å². The molecule has 1 aromatic carbocycles. The molecule has 1 aliphatic rings. The summed E-state index contributed by atoms with van der Waals surface area (Å²) in [6, 6.07) is 9.85. The number of hydrogen-bond donors (Lipinski definition) is 1. The molecular formula is C18H16N2O2S2. The van der Waals surface area contributed by atoms with Crippen molar-refractivity contribution in [2.75, 3.05) is 0 Å². The maximum Gasteiger partial charge on any atom is 0.260 e. The Morgan fingerprint density at radius 3 is 2.79 bits per heavy atom. The first-order valence-electron chi connectivity index (χ1n) is 7.98. The zero-order valence-corrected chi connectivity index (χ0v) is 14.6. The van der Waals surface area contributed by atoms with Gasteiger partial charge in [0.25, 0.3) is 5.56 Å². The summed E-state index contributed by atoms with van der Waals surface area (Å²) in [5, 5.41) is 3.08. The number of aromatic amines is 1. The third-order valence-corrected chi connectivity index (χ3v) is 6.33. The highest BCUT2D eigenvalue weighted by Gasteiger charge is 2.24. The van der Waals surface area contributed by atoms with Gasteiger partial charge in [0.2, 0.25) is 0 Å². The molecule has 0 unspecified atom stereocenters. The molecule has 4 nitrogen and oxygen atoms in total. The van der Waals surface area contributed by atoms with Crippen LogP contribution in [0, 0.1) is 0 Å². The molecule has 6 heteroatoms. The van der Waals surface area contributed by atoms with Crippen molar-refractivity contribution in [3.63, 3.8) is 0 Å². The summed E-state index contributed by atoms with van der Waals surface area (Å²) in [6.45, 7) is 0. The Balaban J connectivity index is 1.71. The Bertz CT molecular complexity index is 947. The SMILES string of the molecule is O=C1CCCC[C@H]1Sc1nc2scc(-c3ccccc3)c2c(=O)[nH]1. The molecule has 0 spiro atoms. The number of carbonyl (C=O) groups is 1. The number of nitrogens with zero attached hydrogens (tertiary/aromatic N) is 1. The molecule has 1 fully saturated rings. The Morgan fingerprint density at radius 1 is 1.17 bits per heavy atom. The van der Waals surface area contributed by atoms with Crippen molar-refractivity contribution in [1.29, 1.82) is 0 Å². The lowest BCUT2D eigenvalue weighted by Crippen LogP contribution is -2.22. The summed E-state index contributed by atoms with van der Waals surface area (Å²) in [7, 11) is 0. The first-order valence-corrected chi connectivity index (χ1v) is 9.74. The van der Waals surface area contributed by atoms with E-state index in [-0.39, 0.29) is 16.6 Å². The number of nitrogens with one attached hydrogen (secondary N) is 1. The molecule has 24 heavy (non-hydrogen) atoms. The van der Waals surface area contributed by atoms with E-state index >= 15 is 0 Å². The van der Waals surface area contributed by atoms with Crippen LogP contribution >= 0.6 is 23.1 Å². The van der Waals surface area contributed by atoms with Crippen LogP contribution < -0.4 is 5.56 Å². The van der Waals surface area contributed by atoms with Gasteiger partial charge in [0.1, 0.15) is 10.6 Å². The maximum atomic E-state index is 12.6. The molecule has 1 saturated carbocycles. The molecule has 2 aromatic heterocycles. The van der Waals surface area contributed by atoms with Gasteiger partial charge in [0.15, 0.2) is 5.16 Å². The summed E-state index contributed by atoms with van der Waals surface area (Å²) in [5.41, 5.74) is 1.79. The van der Waals surface area contributed by atoms with Crippen LogP contribution in [0.3, 0.4) is 0 Å². The fourth-order valence-corrected chi connectivity index (χ4v) is 5.13. The van der Waals surface area contributed by atoms with Crippen molar-refractivity contribution in [3.8, 4) is 11.1 Å². The number of H-pyrrole nitrogens is 1. The van der Waals surface area contributed by atoms with Gasteiger partial charge in [0.05, 0.1) is 10.6 Å². The number of rotatable bonds is 3. The number of fused-ring (bicyclic) bond motifs is 1. The number of Topliss-reactive ketones (excluding diaryl/α,β-unsaturated/α-hetero) is 1. The van der Waals surface area contributed by atoms with Crippen LogP contribution in [-0.2, 0) is 4.79 Å². The molecule has 3 aromatic rings. The van der Waals surface area contributed by atoms with E-state index in [0.29, 0.717) is 17.0 Å². The largest absolute Gasteiger partial charge is 0.301 e. The zero-order valence-electron chi connectivity index (χ0n) is 13.0. The van der Waals surface area contributed by atoms with Gasteiger partial charge in [-0.05, 0) is 18.4 Å². The van der Waals surface area contributed by atoms with Crippen LogP contribution in [0.15, 0.2) is 45.7 Å². The van der Waals surface area contributed by atoms with E-state index in [2.05, 4.69) is 9.97 Å². The van der Waals surface area contributed by atoms with Crippen molar-refractivity contribution in [1.82, 2.24) is 9.97 Å². The quantitative estimate of drug-likeness (QED) is 0.713. The molecule has 0 radical (unpaired) electrons. The Hall–Kier alpha value is -1.92. The fraction of sp³-hybridized carbons (Fsp3) is 0.278. The standard InChI is InChI=1S/C18H16N2O2S2/c21-13-8-4-5-9-14(13)24-18-19-16(22)15-12(10-23-17(15)20-18)11-6-2-1-3-7-11/h1-3,6-7,10,14H,4-5,8-9H2,(H,19,20,22)/t14-/m1/s1. The minimum atomic E-state index is -0.133. The minimum absolute atomic E-state index is 0.0760. The Labute approximate surface area is 147 Å². The fourth-order valence-electron chi connectivity index (χ4n) is 3.03. The number of carbonyl (C=O) groups excluding carboxylic acids is 1. The monoisotopic (exact) mass is 356 g/mol. The normalized spacial score (nSPS) is 18.2. The van der Waals surface area contributed by atoms with Gasteiger partial charge in [-0.2, -0.15) is 0 Å². The molecule has 4 rings (SSSR count). The highest BCUT2D eigenvalue weighted by molar-refractivity contribution is 8.00. The van der Waals surface area contributed by atoms with Gasteiger partial charge in [-0.15, -0.1) is 11.3 Å². The van der Waals surface area contributed by atoms with Crippen LogP contribution in [0.4, 0.5) is 0 Å². The van der Waals surface area contributed by atoms with Crippen molar-refractivity contribution in [3.05, 3.63) is 46.1 Å². The summed E-state index contributed by atoms with van der Waals surface area (Å²) >= 11 is 2.87. The van der Waals surface area contributed by atoms with E-state index in [1.165, 1.54) is 23.1 Å². The van der Waals surface area contributed by atoms with Crippen LogP contribution in [-0.4, -0.2) is 21.0 Å². The average molecular weight is 356 g/mol. The summed E-state index contributed by atoms with van der Waals surface area (Å²) in [5.74, 6) is 0.269. The number of ketones is 1. The summed E-state index contributed by atoms with van der Waals surface area (Å²) in [4.78, 5) is 32.8. The molecule has 1 atom stereocenters. The van der Waals surface area contributed by atoms with Crippen LogP contribution in [0.5, 0.6) is 0 Å². The van der Waals surface area contributed by atoms with E-state index < -0.39 is 0 Å². The molecule has 0 saturated heterocycles. The first kappa shape index (κ1) is 15.6. The van der Waals surface area contributed by atoms with Crippen LogP contribution in [0.1, 0.15) is 25.7 Å². The van der Waals surface area contributed by atoms with Gasteiger partial charge in [-0.1, -0.05) is 48.5 Å². The number of thiophene rings is 1. The maximum absolute atomic E-state index is 12.6. The summed E-state index contributed by atoms with van der Waals surface area (Å²) in [6.07, 6.45) is 3.55. The Morgan fingerprint density at radius 2 is 2.00 bits per heavy atom.